The summed E-state index contributed by atoms with van der Waals surface area (Å²) >= 11 is 0. The van der Waals surface area contributed by atoms with Crippen molar-refractivity contribution in [3.05, 3.63) is 71.8 Å². The smallest absolute Gasteiger partial charge is 0.0646 e. The van der Waals surface area contributed by atoms with Crippen molar-refractivity contribution in [1.29, 1.82) is 0 Å². The highest BCUT2D eigenvalue weighted by molar-refractivity contribution is 5.22. The van der Waals surface area contributed by atoms with Gasteiger partial charge in [-0.15, -0.1) is 0 Å². The lowest BCUT2D eigenvalue weighted by Crippen LogP contribution is -2.18. The molecule has 2 rings (SSSR count). The normalized spacial score (nSPS) is 14.2. The molecule has 0 spiro atoms. The molecule has 1 heteroatoms. The van der Waals surface area contributed by atoms with Crippen LogP contribution in [0.1, 0.15) is 24.0 Å². The Morgan fingerprint density at radius 1 is 0.882 bits per heavy atom. The summed E-state index contributed by atoms with van der Waals surface area (Å²) in [5, 5.41) is 10.2. The van der Waals surface area contributed by atoms with Crippen molar-refractivity contribution in [3.8, 4) is 0 Å². The number of hydrogen-bond donors (Lipinski definition) is 1. The fourth-order valence-corrected chi connectivity index (χ4v) is 2.01. The van der Waals surface area contributed by atoms with Crippen molar-refractivity contribution in [1.82, 2.24) is 0 Å². The van der Waals surface area contributed by atoms with Crippen molar-refractivity contribution in [2.45, 2.75) is 25.4 Å². The molecule has 0 aliphatic carbocycles. The molecular formula is C16H18O. The van der Waals surface area contributed by atoms with Crippen LogP contribution in [0, 0.1) is 0 Å². The molecule has 2 atom stereocenters. The lowest BCUT2D eigenvalue weighted by Gasteiger charge is -2.19. The second-order valence-electron chi connectivity index (χ2n) is 4.46. The molecule has 0 bridgehead atoms. The van der Waals surface area contributed by atoms with Crippen LogP contribution >= 0.6 is 0 Å². The van der Waals surface area contributed by atoms with Crippen LogP contribution in [0.2, 0.25) is 0 Å². The van der Waals surface area contributed by atoms with Gasteiger partial charge < -0.3 is 5.11 Å². The van der Waals surface area contributed by atoms with E-state index in [0.29, 0.717) is 6.42 Å². The van der Waals surface area contributed by atoms with Crippen LogP contribution < -0.4 is 0 Å². The number of benzene rings is 2. The summed E-state index contributed by atoms with van der Waals surface area (Å²) in [5.41, 5.74) is 2.37. The van der Waals surface area contributed by atoms with Crippen LogP contribution in [0.4, 0.5) is 0 Å². The van der Waals surface area contributed by atoms with Gasteiger partial charge in [0.05, 0.1) is 6.10 Å². The van der Waals surface area contributed by atoms with E-state index in [2.05, 4.69) is 31.2 Å². The van der Waals surface area contributed by atoms with Gasteiger partial charge in [-0.2, -0.15) is 0 Å². The molecule has 0 saturated heterocycles. The summed E-state index contributed by atoms with van der Waals surface area (Å²) in [6, 6.07) is 20.3. The van der Waals surface area contributed by atoms with Crippen LogP contribution in [0.3, 0.4) is 0 Å². The van der Waals surface area contributed by atoms with E-state index in [-0.39, 0.29) is 12.0 Å². The summed E-state index contributed by atoms with van der Waals surface area (Å²) in [7, 11) is 0. The van der Waals surface area contributed by atoms with Gasteiger partial charge in [-0.1, -0.05) is 67.6 Å². The minimum Gasteiger partial charge on any atom is -0.392 e. The zero-order valence-electron chi connectivity index (χ0n) is 10.1. The Kier molecular flexibility index (Phi) is 3.94. The molecule has 0 aliphatic heterocycles. The molecule has 0 amide bonds. The van der Waals surface area contributed by atoms with Gasteiger partial charge >= 0.3 is 0 Å². The molecule has 2 aromatic rings. The minimum absolute atomic E-state index is 0.163. The van der Waals surface area contributed by atoms with Crippen LogP contribution in [0.5, 0.6) is 0 Å². The first-order valence-electron chi connectivity index (χ1n) is 6.04. The molecular weight excluding hydrogens is 208 g/mol. The first kappa shape index (κ1) is 11.9. The Hall–Kier alpha value is -1.60. The van der Waals surface area contributed by atoms with E-state index >= 15 is 0 Å². The molecule has 0 saturated carbocycles. The number of aliphatic hydroxyl groups excluding tert-OH is 1. The van der Waals surface area contributed by atoms with Crippen LogP contribution in [-0.2, 0) is 6.42 Å². The highest BCUT2D eigenvalue weighted by atomic mass is 16.3. The molecule has 0 aromatic heterocycles. The van der Waals surface area contributed by atoms with E-state index in [1.54, 1.807) is 0 Å². The van der Waals surface area contributed by atoms with E-state index in [0.717, 1.165) is 0 Å². The Labute approximate surface area is 103 Å². The van der Waals surface area contributed by atoms with Gasteiger partial charge in [-0.25, -0.2) is 0 Å². The van der Waals surface area contributed by atoms with Crippen molar-refractivity contribution in [2.24, 2.45) is 0 Å². The van der Waals surface area contributed by atoms with Crippen LogP contribution in [-0.4, -0.2) is 11.2 Å². The van der Waals surface area contributed by atoms with Crippen LogP contribution in [0.15, 0.2) is 60.7 Å². The molecule has 17 heavy (non-hydrogen) atoms. The molecule has 0 radical (unpaired) electrons. The average Bonchev–Trinajstić information content (AvgIpc) is 2.40. The Balaban J connectivity index is 2.03. The largest absolute Gasteiger partial charge is 0.392 e. The second kappa shape index (κ2) is 5.65. The average molecular weight is 226 g/mol. The predicted octanol–water partition coefficient (Wildman–Crippen LogP) is 3.39. The quantitative estimate of drug-likeness (QED) is 0.847. The third kappa shape index (κ3) is 3.18. The molecule has 0 aliphatic rings. The Morgan fingerprint density at radius 3 is 2.00 bits per heavy atom. The molecule has 1 N–H and O–H groups in total. The third-order valence-corrected chi connectivity index (χ3v) is 3.19. The number of rotatable bonds is 4. The predicted molar refractivity (Wildman–Crippen MR) is 71.0 cm³/mol. The minimum atomic E-state index is -0.334. The maximum atomic E-state index is 10.2. The summed E-state index contributed by atoms with van der Waals surface area (Å²) < 4.78 is 0. The van der Waals surface area contributed by atoms with Crippen LogP contribution in [0.25, 0.3) is 0 Å². The van der Waals surface area contributed by atoms with E-state index in [1.807, 2.05) is 36.4 Å². The molecule has 2 aromatic carbocycles. The monoisotopic (exact) mass is 226 g/mol. The molecule has 0 heterocycles. The van der Waals surface area contributed by atoms with Gasteiger partial charge in [0.15, 0.2) is 0 Å². The fraction of sp³-hybridized carbons (Fsp3) is 0.250. The maximum absolute atomic E-state index is 10.2. The Bertz CT molecular complexity index is 436. The van der Waals surface area contributed by atoms with Crippen molar-refractivity contribution in [3.63, 3.8) is 0 Å². The molecule has 0 fully saturated rings. The highest BCUT2D eigenvalue weighted by Crippen LogP contribution is 2.21. The van der Waals surface area contributed by atoms with E-state index in [9.17, 15) is 5.11 Å². The SMILES string of the molecule is CC(c1ccccc1)C(O)Cc1ccccc1. The zero-order chi connectivity index (χ0) is 12.1. The number of hydrogen-bond acceptors (Lipinski definition) is 1. The lowest BCUT2D eigenvalue weighted by atomic mass is 9.91. The second-order valence-corrected chi connectivity index (χ2v) is 4.46. The summed E-state index contributed by atoms with van der Waals surface area (Å²) in [5.74, 6) is 0.163. The summed E-state index contributed by atoms with van der Waals surface area (Å²) in [4.78, 5) is 0. The number of aliphatic hydroxyl groups is 1. The molecule has 1 nitrogen and oxygen atoms in total. The maximum Gasteiger partial charge on any atom is 0.0646 e. The van der Waals surface area contributed by atoms with Crippen molar-refractivity contribution in [2.75, 3.05) is 0 Å². The van der Waals surface area contributed by atoms with Gasteiger partial charge in [-0.3, -0.25) is 0 Å². The first-order valence-corrected chi connectivity index (χ1v) is 6.04. The topological polar surface area (TPSA) is 20.2 Å². The lowest BCUT2D eigenvalue weighted by molar-refractivity contribution is 0.149. The van der Waals surface area contributed by atoms with E-state index in [4.69, 9.17) is 0 Å². The standard InChI is InChI=1S/C16H18O/c1-13(15-10-6-3-7-11-15)16(17)12-14-8-4-2-5-9-14/h2-11,13,16-17H,12H2,1H3. The fourth-order valence-electron chi connectivity index (χ4n) is 2.01. The van der Waals surface area contributed by atoms with Gasteiger partial charge in [0.25, 0.3) is 0 Å². The van der Waals surface area contributed by atoms with Crippen molar-refractivity contribution < 1.29 is 5.11 Å². The third-order valence-electron chi connectivity index (χ3n) is 3.19. The molecule has 88 valence electrons. The first-order chi connectivity index (χ1) is 8.27. The van der Waals surface area contributed by atoms with Crippen molar-refractivity contribution >= 4 is 0 Å². The highest BCUT2D eigenvalue weighted by Gasteiger charge is 2.16. The van der Waals surface area contributed by atoms with E-state index < -0.39 is 0 Å². The van der Waals surface area contributed by atoms with Gasteiger partial charge in [-0.05, 0) is 17.5 Å². The Morgan fingerprint density at radius 2 is 1.41 bits per heavy atom. The zero-order valence-corrected chi connectivity index (χ0v) is 10.1. The van der Waals surface area contributed by atoms with Gasteiger partial charge in [0.1, 0.15) is 0 Å². The van der Waals surface area contributed by atoms with E-state index in [1.165, 1.54) is 11.1 Å². The van der Waals surface area contributed by atoms with Gasteiger partial charge in [0.2, 0.25) is 0 Å². The van der Waals surface area contributed by atoms with Gasteiger partial charge in [0, 0.05) is 5.92 Å². The summed E-state index contributed by atoms with van der Waals surface area (Å²) in [6.45, 7) is 2.07. The molecule has 2 unspecified atom stereocenters. The summed E-state index contributed by atoms with van der Waals surface area (Å²) in [6.07, 6.45) is 0.372.